The zero-order chi connectivity index (χ0) is 10.2. The SMILES string of the molecule is CC1CCC1(C#N)c1cccc(Br)c1. The van der Waals surface area contributed by atoms with E-state index in [1.807, 2.05) is 12.1 Å². The maximum atomic E-state index is 9.29. The number of nitrogens with zero attached hydrogens (tertiary/aromatic N) is 1. The average molecular weight is 250 g/mol. The van der Waals surface area contributed by atoms with Crippen molar-refractivity contribution in [1.82, 2.24) is 0 Å². The molecule has 2 heteroatoms. The molecule has 14 heavy (non-hydrogen) atoms. The third-order valence-corrected chi connectivity index (χ3v) is 3.85. The van der Waals surface area contributed by atoms with Gasteiger partial charge in [0.2, 0.25) is 0 Å². The Morgan fingerprint density at radius 2 is 2.36 bits per heavy atom. The number of halogens is 1. The summed E-state index contributed by atoms with van der Waals surface area (Å²) >= 11 is 3.45. The lowest BCUT2D eigenvalue weighted by atomic mass is 9.58. The smallest absolute Gasteiger partial charge is 0.0848 e. The second kappa shape index (κ2) is 3.40. The molecule has 0 bridgehead atoms. The minimum Gasteiger partial charge on any atom is -0.197 e. The molecule has 1 saturated carbocycles. The van der Waals surface area contributed by atoms with E-state index in [1.165, 1.54) is 6.42 Å². The molecule has 2 atom stereocenters. The second-order valence-electron chi connectivity index (χ2n) is 4.03. The molecule has 72 valence electrons. The minimum atomic E-state index is -0.218. The third-order valence-electron chi connectivity index (χ3n) is 3.35. The van der Waals surface area contributed by atoms with Crippen LogP contribution in [0.1, 0.15) is 25.3 Å². The van der Waals surface area contributed by atoms with Crippen LogP contribution >= 0.6 is 15.9 Å². The first-order chi connectivity index (χ1) is 6.69. The Kier molecular flexibility index (Phi) is 2.36. The van der Waals surface area contributed by atoms with Gasteiger partial charge in [-0.2, -0.15) is 5.26 Å². The molecule has 1 aliphatic rings. The molecule has 2 rings (SSSR count). The molecule has 0 aromatic heterocycles. The summed E-state index contributed by atoms with van der Waals surface area (Å²) in [5, 5.41) is 9.29. The Hall–Kier alpha value is -0.810. The van der Waals surface area contributed by atoms with Gasteiger partial charge in [0.05, 0.1) is 11.5 Å². The van der Waals surface area contributed by atoms with Crippen molar-refractivity contribution in [2.45, 2.75) is 25.2 Å². The molecule has 0 saturated heterocycles. The molecule has 0 aliphatic heterocycles. The van der Waals surface area contributed by atoms with Crippen LogP contribution in [0.5, 0.6) is 0 Å². The highest BCUT2D eigenvalue weighted by Crippen LogP contribution is 2.48. The van der Waals surface area contributed by atoms with E-state index in [0.717, 1.165) is 16.5 Å². The Labute approximate surface area is 92.9 Å². The summed E-state index contributed by atoms with van der Waals surface area (Å²) in [5.74, 6) is 0.488. The highest BCUT2D eigenvalue weighted by Gasteiger charge is 2.45. The van der Waals surface area contributed by atoms with Crippen LogP contribution in [0.2, 0.25) is 0 Å². The van der Waals surface area contributed by atoms with Crippen molar-refractivity contribution in [1.29, 1.82) is 5.26 Å². The van der Waals surface area contributed by atoms with E-state index in [4.69, 9.17) is 0 Å². The molecule has 1 nitrogen and oxygen atoms in total. The van der Waals surface area contributed by atoms with E-state index in [9.17, 15) is 5.26 Å². The Morgan fingerprint density at radius 3 is 2.79 bits per heavy atom. The summed E-state index contributed by atoms with van der Waals surface area (Å²) in [6, 6.07) is 10.6. The van der Waals surface area contributed by atoms with Gasteiger partial charge in [0, 0.05) is 4.47 Å². The molecule has 0 N–H and O–H groups in total. The standard InChI is InChI=1S/C12H12BrN/c1-9-5-6-12(9,8-14)10-3-2-4-11(13)7-10/h2-4,7,9H,5-6H2,1H3. The van der Waals surface area contributed by atoms with Crippen molar-refractivity contribution in [3.8, 4) is 6.07 Å². The van der Waals surface area contributed by atoms with Crippen LogP contribution in [0.15, 0.2) is 28.7 Å². The number of benzene rings is 1. The number of rotatable bonds is 1. The fourth-order valence-electron chi connectivity index (χ4n) is 2.15. The van der Waals surface area contributed by atoms with E-state index in [2.05, 4.69) is 41.1 Å². The monoisotopic (exact) mass is 249 g/mol. The van der Waals surface area contributed by atoms with Gasteiger partial charge in [-0.3, -0.25) is 0 Å². The second-order valence-corrected chi connectivity index (χ2v) is 4.95. The number of hydrogen-bond acceptors (Lipinski definition) is 1. The Morgan fingerprint density at radius 1 is 1.57 bits per heavy atom. The van der Waals surface area contributed by atoms with Crippen LogP contribution < -0.4 is 0 Å². The van der Waals surface area contributed by atoms with E-state index < -0.39 is 0 Å². The van der Waals surface area contributed by atoms with Crippen molar-refractivity contribution < 1.29 is 0 Å². The molecule has 1 aromatic rings. The van der Waals surface area contributed by atoms with Crippen LogP contribution in [-0.4, -0.2) is 0 Å². The topological polar surface area (TPSA) is 23.8 Å². The summed E-state index contributed by atoms with van der Waals surface area (Å²) in [4.78, 5) is 0. The van der Waals surface area contributed by atoms with Gasteiger partial charge in [0.25, 0.3) is 0 Å². The average Bonchev–Trinajstić information content (AvgIpc) is 2.17. The molecule has 0 heterocycles. The van der Waals surface area contributed by atoms with Crippen LogP contribution in [-0.2, 0) is 5.41 Å². The van der Waals surface area contributed by atoms with Gasteiger partial charge in [0.1, 0.15) is 0 Å². The van der Waals surface area contributed by atoms with Crippen molar-refractivity contribution in [3.05, 3.63) is 34.3 Å². The first-order valence-corrected chi connectivity index (χ1v) is 5.65. The molecule has 2 unspecified atom stereocenters. The number of nitriles is 1. The normalized spacial score (nSPS) is 30.5. The predicted molar refractivity (Wildman–Crippen MR) is 59.8 cm³/mol. The summed E-state index contributed by atoms with van der Waals surface area (Å²) in [6.07, 6.45) is 2.17. The zero-order valence-corrected chi connectivity index (χ0v) is 9.71. The maximum absolute atomic E-state index is 9.29. The first-order valence-electron chi connectivity index (χ1n) is 4.86. The van der Waals surface area contributed by atoms with Crippen LogP contribution in [0, 0.1) is 17.2 Å². The Balaban J connectivity index is 2.43. The highest BCUT2D eigenvalue weighted by atomic mass is 79.9. The molecular formula is C12H12BrN. The molecule has 0 radical (unpaired) electrons. The summed E-state index contributed by atoms with van der Waals surface area (Å²) in [5.41, 5.74) is 0.942. The lowest BCUT2D eigenvalue weighted by Crippen LogP contribution is -2.41. The summed E-state index contributed by atoms with van der Waals surface area (Å²) in [6.45, 7) is 2.16. The van der Waals surface area contributed by atoms with Crippen LogP contribution in [0.25, 0.3) is 0 Å². The van der Waals surface area contributed by atoms with Crippen LogP contribution in [0.3, 0.4) is 0 Å². The maximum Gasteiger partial charge on any atom is 0.0848 e. The van der Waals surface area contributed by atoms with Gasteiger partial charge in [0.15, 0.2) is 0 Å². The minimum absolute atomic E-state index is 0.218. The molecule has 1 fully saturated rings. The van der Waals surface area contributed by atoms with Crippen molar-refractivity contribution >= 4 is 15.9 Å². The molecule has 1 aromatic carbocycles. The molecular weight excluding hydrogens is 238 g/mol. The van der Waals surface area contributed by atoms with Gasteiger partial charge in [-0.05, 0) is 36.5 Å². The highest BCUT2D eigenvalue weighted by molar-refractivity contribution is 9.10. The third kappa shape index (κ3) is 1.27. The van der Waals surface area contributed by atoms with Gasteiger partial charge in [-0.1, -0.05) is 35.0 Å². The van der Waals surface area contributed by atoms with Gasteiger partial charge < -0.3 is 0 Å². The zero-order valence-electron chi connectivity index (χ0n) is 8.13. The van der Waals surface area contributed by atoms with Crippen molar-refractivity contribution in [2.75, 3.05) is 0 Å². The lowest BCUT2D eigenvalue weighted by molar-refractivity contribution is 0.201. The van der Waals surface area contributed by atoms with E-state index in [0.29, 0.717) is 5.92 Å². The number of hydrogen-bond donors (Lipinski definition) is 0. The lowest BCUT2D eigenvalue weighted by Gasteiger charge is -2.42. The fourth-order valence-corrected chi connectivity index (χ4v) is 2.55. The van der Waals surface area contributed by atoms with Crippen LogP contribution in [0.4, 0.5) is 0 Å². The first kappa shape index (κ1) is 9.73. The van der Waals surface area contributed by atoms with Gasteiger partial charge >= 0.3 is 0 Å². The van der Waals surface area contributed by atoms with E-state index in [-0.39, 0.29) is 5.41 Å². The summed E-state index contributed by atoms with van der Waals surface area (Å²) < 4.78 is 1.06. The van der Waals surface area contributed by atoms with E-state index in [1.54, 1.807) is 0 Å². The fraction of sp³-hybridized carbons (Fsp3) is 0.417. The summed E-state index contributed by atoms with van der Waals surface area (Å²) in [7, 11) is 0. The van der Waals surface area contributed by atoms with Crippen molar-refractivity contribution in [3.63, 3.8) is 0 Å². The Bertz CT molecular complexity index is 394. The molecule has 0 spiro atoms. The van der Waals surface area contributed by atoms with Crippen molar-refractivity contribution in [2.24, 2.45) is 5.92 Å². The molecule has 1 aliphatic carbocycles. The predicted octanol–water partition coefficient (Wildman–Crippen LogP) is 3.64. The van der Waals surface area contributed by atoms with E-state index >= 15 is 0 Å². The molecule has 0 amide bonds. The van der Waals surface area contributed by atoms with Gasteiger partial charge in [-0.25, -0.2) is 0 Å². The quantitative estimate of drug-likeness (QED) is 0.746. The van der Waals surface area contributed by atoms with Gasteiger partial charge in [-0.15, -0.1) is 0 Å². The largest absolute Gasteiger partial charge is 0.197 e.